The maximum absolute atomic E-state index is 5.56. The van der Waals surface area contributed by atoms with Crippen molar-refractivity contribution in [3.05, 3.63) is 0 Å². The molecule has 0 bridgehead atoms. The van der Waals surface area contributed by atoms with E-state index in [1.54, 1.807) is 0 Å². The maximum Gasteiger partial charge on any atom is 0.0223 e. The van der Waals surface area contributed by atoms with E-state index in [1.165, 1.54) is 19.3 Å². The Labute approximate surface area is 81.9 Å². The molecule has 1 atom stereocenters. The minimum absolute atomic E-state index is 0.798. The van der Waals surface area contributed by atoms with Gasteiger partial charge >= 0.3 is 0 Å². The summed E-state index contributed by atoms with van der Waals surface area (Å²) >= 11 is 5.56. The molecule has 0 aliphatic carbocycles. The third-order valence-electron chi connectivity index (χ3n) is 2.01. The number of nitrogens with one attached hydrogen (secondary N) is 1. The number of rotatable bonds is 8. The molecular weight excluding hydrogens is 170 g/mol. The summed E-state index contributed by atoms with van der Waals surface area (Å²) in [4.78, 5) is 0. The van der Waals surface area contributed by atoms with Gasteiger partial charge < -0.3 is 5.32 Å². The topological polar surface area (TPSA) is 12.0 Å². The molecule has 74 valence electrons. The van der Waals surface area contributed by atoms with Gasteiger partial charge in [-0.2, -0.15) is 0 Å². The average Bonchev–Trinajstić information content (AvgIpc) is 2.05. The van der Waals surface area contributed by atoms with Crippen molar-refractivity contribution in [3.63, 3.8) is 0 Å². The second-order valence-electron chi connectivity index (χ2n) is 3.49. The van der Waals surface area contributed by atoms with E-state index in [2.05, 4.69) is 19.2 Å². The highest BCUT2D eigenvalue weighted by Gasteiger charge is 1.98. The Bertz CT molecular complexity index is 85.9. The highest BCUT2D eigenvalue weighted by Crippen LogP contribution is 2.02. The summed E-state index contributed by atoms with van der Waals surface area (Å²) in [6.45, 7) is 6.83. The first-order chi connectivity index (χ1) is 5.81. The van der Waals surface area contributed by atoms with Gasteiger partial charge in [0, 0.05) is 5.88 Å². The van der Waals surface area contributed by atoms with Crippen molar-refractivity contribution in [3.8, 4) is 0 Å². The van der Waals surface area contributed by atoms with E-state index in [0.29, 0.717) is 0 Å². The van der Waals surface area contributed by atoms with Crippen LogP contribution in [0, 0.1) is 5.92 Å². The number of unbranched alkanes of at least 4 members (excludes halogenated alkanes) is 1. The van der Waals surface area contributed by atoms with E-state index in [4.69, 9.17) is 11.6 Å². The van der Waals surface area contributed by atoms with E-state index in [1.807, 2.05) is 0 Å². The molecule has 0 saturated carbocycles. The number of hydrogen-bond acceptors (Lipinski definition) is 1. The molecule has 1 nitrogen and oxygen atoms in total. The fourth-order valence-electron chi connectivity index (χ4n) is 1.29. The van der Waals surface area contributed by atoms with Crippen LogP contribution in [0.3, 0.4) is 0 Å². The van der Waals surface area contributed by atoms with E-state index in [-0.39, 0.29) is 0 Å². The minimum atomic E-state index is 0.798. The van der Waals surface area contributed by atoms with E-state index in [0.717, 1.165) is 31.3 Å². The summed E-state index contributed by atoms with van der Waals surface area (Å²) in [6, 6.07) is 0. The lowest BCUT2D eigenvalue weighted by Crippen LogP contribution is -2.22. The normalized spacial score (nSPS) is 13.2. The van der Waals surface area contributed by atoms with Gasteiger partial charge in [-0.25, -0.2) is 0 Å². The van der Waals surface area contributed by atoms with Crippen molar-refractivity contribution in [2.24, 2.45) is 5.92 Å². The van der Waals surface area contributed by atoms with Crippen LogP contribution >= 0.6 is 11.6 Å². The highest BCUT2D eigenvalue weighted by atomic mass is 35.5. The fraction of sp³-hybridized carbons (Fsp3) is 1.00. The van der Waals surface area contributed by atoms with Crippen LogP contribution in [-0.2, 0) is 0 Å². The molecule has 1 unspecified atom stereocenters. The summed E-state index contributed by atoms with van der Waals surface area (Å²) in [5.41, 5.74) is 0. The van der Waals surface area contributed by atoms with Crippen molar-refractivity contribution >= 4 is 11.6 Å². The van der Waals surface area contributed by atoms with Gasteiger partial charge in [-0.15, -0.1) is 11.6 Å². The predicted molar refractivity (Wildman–Crippen MR) is 56.9 cm³/mol. The Morgan fingerprint density at radius 1 is 1.33 bits per heavy atom. The average molecular weight is 192 g/mol. The zero-order chi connectivity index (χ0) is 9.23. The quantitative estimate of drug-likeness (QED) is 0.460. The molecule has 0 rings (SSSR count). The smallest absolute Gasteiger partial charge is 0.0223 e. The Hall–Kier alpha value is 0.250. The third kappa shape index (κ3) is 8.35. The van der Waals surface area contributed by atoms with Crippen LogP contribution in [0.4, 0.5) is 0 Å². The third-order valence-corrected chi connectivity index (χ3v) is 2.28. The Kier molecular flexibility index (Phi) is 9.53. The second-order valence-corrected chi connectivity index (χ2v) is 3.87. The summed E-state index contributed by atoms with van der Waals surface area (Å²) in [5.74, 6) is 1.62. The van der Waals surface area contributed by atoms with E-state index >= 15 is 0 Å². The molecule has 0 aromatic heterocycles. The first-order valence-corrected chi connectivity index (χ1v) is 5.61. The van der Waals surface area contributed by atoms with Crippen LogP contribution in [0.2, 0.25) is 0 Å². The van der Waals surface area contributed by atoms with Gasteiger partial charge in [0.15, 0.2) is 0 Å². The van der Waals surface area contributed by atoms with Crippen LogP contribution in [0.15, 0.2) is 0 Å². The van der Waals surface area contributed by atoms with Crippen LogP contribution in [0.25, 0.3) is 0 Å². The van der Waals surface area contributed by atoms with Gasteiger partial charge in [-0.05, 0) is 38.3 Å². The molecule has 1 N–H and O–H groups in total. The number of halogens is 1. The first kappa shape index (κ1) is 12.2. The van der Waals surface area contributed by atoms with Gasteiger partial charge in [0.05, 0.1) is 0 Å². The van der Waals surface area contributed by atoms with Gasteiger partial charge in [0.25, 0.3) is 0 Å². The van der Waals surface area contributed by atoms with Crippen LogP contribution in [-0.4, -0.2) is 19.0 Å². The monoisotopic (exact) mass is 191 g/mol. The lowest BCUT2D eigenvalue weighted by molar-refractivity contribution is 0.472. The van der Waals surface area contributed by atoms with E-state index in [9.17, 15) is 0 Å². The van der Waals surface area contributed by atoms with Crippen molar-refractivity contribution in [1.29, 1.82) is 0 Å². The van der Waals surface area contributed by atoms with Crippen molar-refractivity contribution < 1.29 is 0 Å². The van der Waals surface area contributed by atoms with Gasteiger partial charge in [0.2, 0.25) is 0 Å². The maximum atomic E-state index is 5.56. The van der Waals surface area contributed by atoms with Gasteiger partial charge in [0.1, 0.15) is 0 Å². The van der Waals surface area contributed by atoms with Crippen molar-refractivity contribution in [1.82, 2.24) is 5.32 Å². The van der Waals surface area contributed by atoms with E-state index < -0.39 is 0 Å². The zero-order valence-corrected chi connectivity index (χ0v) is 9.16. The second kappa shape index (κ2) is 9.34. The Morgan fingerprint density at radius 3 is 2.67 bits per heavy atom. The molecule has 0 aromatic carbocycles. The number of hydrogen-bond donors (Lipinski definition) is 1. The summed E-state index contributed by atoms with van der Waals surface area (Å²) in [5, 5.41) is 3.45. The Balaban J connectivity index is 2.97. The van der Waals surface area contributed by atoms with Crippen LogP contribution < -0.4 is 5.32 Å². The molecule has 12 heavy (non-hydrogen) atoms. The molecule has 0 fully saturated rings. The van der Waals surface area contributed by atoms with Crippen molar-refractivity contribution in [2.45, 2.75) is 39.5 Å². The molecule has 0 heterocycles. The predicted octanol–water partition coefficient (Wildman–Crippen LogP) is 3.03. The molecule has 0 spiro atoms. The molecule has 2 heteroatoms. The SMILES string of the molecule is CCCC(C)CNCCCCCl. The standard InChI is InChI=1S/C10H22ClN/c1-3-6-10(2)9-12-8-5-4-7-11/h10,12H,3-9H2,1-2H3. The summed E-state index contributed by atoms with van der Waals surface area (Å²) in [6.07, 6.45) is 4.98. The van der Waals surface area contributed by atoms with Crippen molar-refractivity contribution in [2.75, 3.05) is 19.0 Å². The molecule has 0 radical (unpaired) electrons. The van der Waals surface area contributed by atoms with Crippen LogP contribution in [0.1, 0.15) is 39.5 Å². The van der Waals surface area contributed by atoms with Gasteiger partial charge in [-0.1, -0.05) is 20.3 Å². The fourth-order valence-corrected chi connectivity index (χ4v) is 1.48. The minimum Gasteiger partial charge on any atom is -0.316 e. The lowest BCUT2D eigenvalue weighted by Gasteiger charge is -2.10. The lowest BCUT2D eigenvalue weighted by atomic mass is 10.1. The first-order valence-electron chi connectivity index (χ1n) is 5.08. The molecular formula is C10H22ClN. The summed E-state index contributed by atoms with van der Waals surface area (Å²) in [7, 11) is 0. The Morgan fingerprint density at radius 2 is 2.08 bits per heavy atom. The molecule has 0 aliphatic rings. The molecule has 0 aromatic rings. The molecule has 0 saturated heterocycles. The van der Waals surface area contributed by atoms with Gasteiger partial charge in [-0.3, -0.25) is 0 Å². The highest BCUT2D eigenvalue weighted by molar-refractivity contribution is 6.17. The molecule has 0 amide bonds. The number of alkyl halides is 1. The zero-order valence-electron chi connectivity index (χ0n) is 8.41. The largest absolute Gasteiger partial charge is 0.316 e. The van der Waals surface area contributed by atoms with Crippen LogP contribution in [0.5, 0.6) is 0 Å². The molecule has 0 aliphatic heterocycles. The summed E-state index contributed by atoms with van der Waals surface area (Å²) < 4.78 is 0.